The number of rotatable bonds is 6. The first-order valence-corrected chi connectivity index (χ1v) is 5.94. The lowest BCUT2D eigenvalue weighted by molar-refractivity contribution is 0.687. The zero-order chi connectivity index (χ0) is 12.1. The summed E-state index contributed by atoms with van der Waals surface area (Å²) in [5.74, 6) is 1.65. The SMILES string of the molecule is CCCNCCNc1nccn2c(C)nnc12. The van der Waals surface area contributed by atoms with Gasteiger partial charge in [0.05, 0.1) is 0 Å². The van der Waals surface area contributed by atoms with E-state index >= 15 is 0 Å². The summed E-state index contributed by atoms with van der Waals surface area (Å²) >= 11 is 0. The molecule has 0 aliphatic heterocycles. The van der Waals surface area contributed by atoms with Gasteiger partial charge in [-0.1, -0.05) is 6.92 Å². The van der Waals surface area contributed by atoms with Crippen LogP contribution in [0.3, 0.4) is 0 Å². The Morgan fingerprint density at radius 3 is 2.94 bits per heavy atom. The Morgan fingerprint density at radius 2 is 2.12 bits per heavy atom. The van der Waals surface area contributed by atoms with E-state index < -0.39 is 0 Å². The molecule has 2 N–H and O–H groups in total. The number of aromatic nitrogens is 4. The summed E-state index contributed by atoms with van der Waals surface area (Å²) in [5.41, 5.74) is 0.778. The third-order valence-corrected chi connectivity index (χ3v) is 2.52. The fourth-order valence-corrected chi connectivity index (χ4v) is 1.64. The van der Waals surface area contributed by atoms with Crippen molar-refractivity contribution in [2.45, 2.75) is 20.3 Å². The number of hydrogen-bond acceptors (Lipinski definition) is 5. The predicted octanol–water partition coefficient (Wildman–Crippen LogP) is 0.844. The highest BCUT2D eigenvalue weighted by atomic mass is 15.3. The molecule has 0 spiro atoms. The minimum Gasteiger partial charge on any atom is -0.366 e. The molecule has 17 heavy (non-hydrogen) atoms. The van der Waals surface area contributed by atoms with Crippen LogP contribution in [0.2, 0.25) is 0 Å². The highest BCUT2D eigenvalue weighted by Gasteiger charge is 2.06. The van der Waals surface area contributed by atoms with Gasteiger partial charge in [-0.25, -0.2) is 4.98 Å². The number of aryl methyl sites for hydroxylation is 1. The zero-order valence-electron chi connectivity index (χ0n) is 10.3. The van der Waals surface area contributed by atoms with E-state index in [1.807, 2.05) is 17.5 Å². The molecule has 0 atom stereocenters. The Morgan fingerprint density at radius 1 is 1.24 bits per heavy atom. The van der Waals surface area contributed by atoms with Crippen molar-refractivity contribution < 1.29 is 0 Å². The molecule has 92 valence electrons. The minimum absolute atomic E-state index is 0.778. The smallest absolute Gasteiger partial charge is 0.203 e. The lowest BCUT2D eigenvalue weighted by Gasteiger charge is -2.06. The molecule has 0 saturated heterocycles. The number of anilines is 1. The summed E-state index contributed by atoms with van der Waals surface area (Å²) in [6, 6.07) is 0. The summed E-state index contributed by atoms with van der Waals surface area (Å²) in [6.45, 7) is 6.87. The number of nitrogens with zero attached hydrogens (tertiary/aromatic N) is 4. The van der Waals surface area contributed by atoms with Crippen molar-refractivity contribution in [2.75, 3.05) is 25.0 Å². The molecule has 2 heterocycles. The third-order valence-electron chi connectivity index (χ3n) is 2.52. The molecule has 2 aromatic rings. The summed E-state index contributed by atoms with van der Waals surface area (Å²) in [6.07, 6.45) is 4.77. The molecule has 0 aromatic carbocycles. The average Bonchev–Trinajstić information content (AvgIpc) is 2.72. The second kappa shape index (κ2) is 5.58. The topological polar surface area (TPSA) is 67.1 Å². The van der Waals surface area contributed by atoms with Gasteiger partial charge in [0, 0.05) is 25.5 Å². The molecule has 6 nitrogen and oxygen atoms in total. The van der Waals surface area contributed by atoms with Crippen molar-refractivity contribution in [2.24, 2.45) is 0 Å². The molecule has 0 aliphatic rings. The van der Waals surface area contributed by atoms with E-state index in [1.165, 1.54) is 0 Å². The summed E-state index contributed by atoms with van der Waals surface area (Å²) in [7, 11) is 0. The van der Waals surface area contributed by atoms with Gasteiger partial charge >= 0.3 is 0 Å². The average molecular weight is 234 g/mol. The van der Waals surface area contributed by atoms with E-state index in [-0.39, 0.29) is 0 Å². The largest absolute Gasteiger partial charge is 0.366 e. The first-order chi connectivity index (χ1) is 8.33. The monoisotopic (exact) mass is 234 g/mol. The lowest BCUT2D eigenvalue weighted by Crippen LogP contribution is -2.23. The molecular weight excluding hydrogens is 216 g/mol. The highest BCUT2D eigenvalue weighted by Crippen LogP contribution is 2.10. The number of hydrogen-bond donors (Lipinski definition) is 2. The summed E-state index contributed by atoms with van der Waals surface area (Å²) < 4.78 is 1.93. The Labute approximate surface area is 100 Å². The molecular formula is C11H18N6. The quantitative estimate of drug-likeness (QED) is 0.725. The molecule has 0 unspecified atom stereocenters. The van der Waals surface area contributed by atoms with E-state index in [1.54, 1.807) is 6.20 Å². The van der Waals surface area contributed by atoms with Crippen molar-refractivity contribution >= 4 is 11.5 Å². The number of nitrogens with one attached hydrogen (secondary N) is 2. The molecule has 6 heteroatoms. The molecule has 2 aromatic heterocycles. The van der Waals surface area contributed by atoms with Crippen LogP contribution in [0.1, 0.15) is 19.2 Å². The second-order valence-corrected chi connectivity index (χ2v) is 3.89. The van der Waals surface area contributed by atoms with Gasteiger partial charge in [-0.05, 0) is 19.9 Å². The molecule has 0 fully saturated rings. The number of fused-ring (bicyclic) bond motifs is 1. The van der Waals surface area contributed by atoms with Crippen LogP contribution in [0.5, 0.6) is 0 Å². The normalized spacial score (nSPS) is 10.9. The fourth-order valence-electron chi connectivity index (χ4n) is 1.64. The Hall–Kier alpha value is -1.69. The Kier molecular flexibility index (Phi) is 3.87. The van der Waals surface area contributed by atoms with Crippen molar-refractivity contribution in [1.82, 2.24) is 24.9 Å². The Balaban J connectivity index is 1.99. The van der Waals surface area contributed by atoms with E-state index in [4.69, 9.17) is 0 Å². The van der Waals surface area contributed by atoms with Gasteiger partial charge in [0.25, 0.3) is 0 Å². The summed E-state index contributed by atoms with van der Waals surface area (Å²) in [5, 5.41) is 14.7. The first-order valence-electron chi connectivity index (χ1n) is 5.94. The lowest BCUT2D eigenvalue weighted by atomic mass is 10.4. The highest BCUT2D eigenvalue weighted by molar-refractivity contribution is 5.61. The standard InChI is InChI=1S/C11H18N6/c1-3-4-12-5-6-13-10-11-16-15-9(2)17(11)8-7-14-10/h7-8,12H,3-6H2,1-2H3,(H,13,14). The van der Waals surface area contributed by atoms with Crippen LogP contribution in [-0.2, 0) is 0 Å². The summed E-state index contributed by atoms with van der Waals surface area (Å²) in [4.78, 5) is 4.28. The van der Waals surface area contributed by atoms with Crippen molar-refractivity contribution in [3.63, 3.8) is 0 Å². The van der Waals surface area contributed by atoms with Gasteiger partial charge in [-0.2, -0.15) is 0 Å². The minimum atomic E-state index is 0.778. The maximum absolute atomic E-state index is 4.28. The van der Waals surface area contributed by atoms with Gasteiger partial charge in [-0.3, -0.25) is 4.40 Å². The molecule has 0 aliphatic carbocycles. The van der Waals surface area contributed by atoms with Crippen LogP contribution in [0.15, 0.2) is 12.4 Å². The molecule has 0 amide bonds. The van der Waals surface area contributed by atoms with Gasteiger partial charge in [-0.15, -0.1) is 10.2 Å². The van der Waals surface area contributed by atoms with Crippen LogP contribution in [0, 0.1) is 6.92 Å². The predicted molar refractivity (Wildman–Crippen MR) is 67.2 cm³/mol. The van der Waals surface area contributed by atoms with E-state index in [0.29, 0.717) is 0 Å². The van der Waals surface area contributed by atoms with Crippen molar-refractivity contribution in [1.29, 1.82) is 0 Å². The van der Waals surface area contributed by atoms with Crippen LogP contribution in [0.4, 0.5) is 5.82 Å². The van der Waals surface area contributed by atoms with Gasteiger partial charge in [0.1, 0.15) is 5.82 Å². The second-order valence-electron chi connectivity index (χ2n) is 3.89. The van der Waals surface area contributed by atoms with E-state index in [2.05, 4.69) is 32.7 Å². The Bertz CT molecular complexity index is 478. The van der Waals surface area contributed by atoms with Gasteiger partial charge in [0.2, 0.25) is 5.65 Å². The fraction of sp³-hybridized carbons (Fsp3) is 0.545. The maximum Gasteiger partial charge on any atom is 0.203 e. The first kappa shape index (κ1) is 11.8. The van der Waals surface area contributed by atoms with E-state index in [9.17, 15) is 0 Å². The molecule has 0 bridgehead atoms. The van der Waals surface area contributed by atoms with Crippen LogP contribution >= 0.6 is 0 Å². The van der Waals surface area contributed by atoms with Crippen LogP contribution < -0.4 is 10.6 Å². The molecule has 0 radical (unpaired) electrons. The van der Waals surface area contributed by atoms with E-state index in [0.717, 1.165) is 43.3 Å². The maximum atomic E-state index is 4.28. The van der Waals surface area contributed by atoms with Crippen molar-refractivity contribution in [3.8, 4) is 0 Å². The van der Waals surface area contributed by atoms with Gasteiger partial charge < -0.3 is 10.6 Å². The van der Waals surface area contributed by atoms with Crippen molar-refractivity contribution in [3.05, 3.63) is 18.2 Å². The van der Waals surface area contributed by atoms with Crippen LogP contribution in [0.25, 0.3) is 5.65 Å². The molecule has 2 rings (SSSR count). The zero-order valence-corrected chi connectivity index (χ0v) is 10.3. The van der Waals surface area contributed by atoms with Gasteiger partial charge in [0.15, 0.2) is 5.82 Å². The van der Waals surface area contributed by atoms with Crippen LogP contribution in [-0.4, -0.2) is 39.2 Å². The third kappa shape index (κ3) is 2.71. The molecule has 0 saturated carbocycles.